The fraction of sp³-hybridized carbons (Fsp3) is 0.400. The number of hydrogen-bond donors (Lipinski definition) is 1. The van der Waals surface area contributed by atoms with Gasteiger partial charge >= 0.3 is 0 Å². The SMILES string of the molecule is C[C@@H]1C[C@@H]1c1ccc(/C=N\NC(=O)CN2CCCc3ccccc32)o1. The van der Waals surface area contributed by atoms with Crippen LogP contribution in [0, 0.1) is 5.92 Å². The Balaban J connectivity index is 1.31. The predicted octanol–water partition coefficient (Wildman–Crippen LogP) is 3.31. The van der Waals surface area contributed by atoms with Crippen LogP contribution in [0.2, 0.25) is 0 Å². The van der Waals surface area contributed by atoms with Crippen molar-refractivity contribution in [2.24, 2.45) is 11.0 Å². The van der Waals surface area contributed by atoms with Crippen molar-refractivity contribution in [1.29, 1.82) is 0 Å². The third kappa shape index (κ3) is 3.60. The zero-order chi connectivity index (χ0) is 17.2. The van der Waals surface area contributed by atoms with E-state index in [-0.39, 0.29) is 5.91 Å². The van der Waals surface area contributed by atoms with Gasteiger partial charge in [-0.1, -0.05) is 25.1 Å². The number of hydrazone groups is 1. The number of carbonyl (C=O) groups is 1. The normalized spacial score (nSPS) is 22.0. The molecule has 0 bridgehead atoms. The number of carbonyl (C=O) groups excluding carboxylic acids is 1. The molecule has 5 nitrogen and oxygen atoms in total. The highest BCUT2D eigenvalue weighted by molar-refractivity contribution is 5.84. The highest BCUT2D eigenvalue weighted by Gasteiger charge is 2.36. The summed E-state index contributed by atoms with van der Waals surface area (Å²) < 4.78 is 5.75. The summed E-state index contributed by atoms with van der Waals surface area (Å²) in [4.78, 5) is 14.3. The van der Waals surface area contributed by atoms with E-state index in [2.05, 4.69) is 34.5 Å². The molecule has 2 atom stereocenters. The average Bonchev–Trinajstić information content (AvgIpc) is 3.16. The van der Waals surface area contributed by atoms with E-state index in [1.165, 1.54) is 12.0 Å². The van der Waals surface area contributed by atoms with Gasteiger partial charge in [0.1, 0.15) is 11.5 Å². The van der Waals surface area contributed by atoms with Crippen LogP contribution in [0.3, 0.4) is 0 Å². The van der Waals surface area contributed by atoms with Gasteiger partial charge in [-0.2, -0.15) is 5.10 Å². The molecule has 0 saturated heterocycles. The summed E-state index contributed by atoms with van der Waals surface area (Å²) in [6.07, 6.45) is 4.91. The van der Waals surface area contributed by atoms with Gasteiger partial charge in [0.05, 0.1) is 12.8 Å². The van der Waals surface area contributed by atoms with Crippen LogP contribution in [0.25, 0.3) is 0 Å². The summed E-state index contributed by atoms with van der Waals surface area (Å²) in [6.45, 7) is 3.44. The van der Waals surface area contributed by atoms with Gasteiger partial charge in [0, 0.05) is 18.2 Å². The second kappa shape index (κ2) is 6.75. The number of rotatable bonds is 5. The van der Waals surface area contributed by atoms with Crippen LogP contribution in [0.15, 0.2) is 45.9 Å². The van der Waals surface area contributed by atoms with Crippen molar-refractivity contribution in [2.45, 2.75) is 32.1 Å². The molecule has 25 heavy (non-hydrogen) atoms. The Labute approximate surface area is 147 Å². The molecule has 1 fully saturated rings. The molecule has 1 aromatic heterocycles. The standard InChI is InChI=1S/C20H23N3O2/c1-14-11-17(14)19-9-8-16(25-19)12-21-22-20(24)13-23-10-4-6-15-5-2-3-7-18(15)23/h2-3,5,7-9,12,14,17H,4,6,10-11,13H2,1H3,(H,22,24)/b21-12-/t14-,17+/m1/s1. The van der Waals surface area contributed by atoms with E-state index >= 15 is 0 Å². The van der Waals surface area contributed by atoms with Crippen LogP contribution in [0.5, 0.6) is 0 Å². The Morgan fingerprint density at radius 1 is 1.36 bits per heavy atom. The number of nitrogens with zero attached hydrogens (tertiary/aromatic N) is 2. The smallest absolute Gasteiger partial charge is 0.259 e. The minimum atomic E-state index is -0.115. The monoisotopic (exact) mass is 337 g/mol. The molecule has 2 aliphatic rings. The molecule has 0 radical (unpaired) electrons. The zero-order valence-electron chi connectivity index (χ0n) is 14.4. The maximum atomic E-state index is 12.2. The van der Waals surface area contributed by atoms with E-state index in [9.17, 15) is 4.79 Å². The second-order valence-corrected chi connectivity index (χ2v) is 7.01. The fourth-order valence-electron chi connectivity index (χ4n) is 3.51. The highest BCUT2D eigenvalue weighted by Crippen LogP contribution is 2.47. The van der Waals surface area contributed by atoms with Crippen molar-refractivity contribution in [3.63, 3.8) is 0 Å². The van der Waals surface area contributed by atoms with Crippen molar-refractivity contribution in [1.82, 2.24) is 5.43 Å². The summed E-state index contributed by atoms with van der Waals surface area (Å²) in [5, 5.41) is 4.03. The fourth-order valence-corrected chi connectivity index (χ4v) is 3.51. The van der Waals surface area contributed by atoms with Crippen molar-refractivity contribution in [2.75, 3.05) is 18.0 Å². The van der Waals surface area contributed by atoms with Gasteiger partial charge in [0.2, 0.25) is 0 Å². The first-order chi connectivity index (χ1) is 12.2. The molecule has 2 heterocycles. The summed E-state index contributed by atoms with van der Waals surface area (Å²) >= 11 is 0. The van der Waals surface area contributed by atoms with Gasteiger partial charge < -0.3 is 9.32 Å². The summed E-state index contributed by atoms with van der Waals surface area (Å²) in [6, 6.07) is 12.2. The van der Waals surface area contributed by atoms with Crippen LogP contribution >= 0.6 is 0 Å². The first-order valence-electron chi connectivity index (χ1n) is 8.95. The summed E-state index contributed by atoms with van der Waals surface area (Å²) in [7, 11) is 0. The number of furan rings is 1. The third-order valence-corrected chi connectivity index (χ3v) is 5.04. The molecule has 1 aromatic carbocycles. The summed E-state index contributed by atoms with van der Waals surface area (Å²) in [5.41, 5.74) is 5.06. The Bertz CT molecular complexity index is 796. The quantitative estimate of drug-likeness (QED) is 0.673. The number of benzene rings is 1. The molecule has 5 heteroatoms. The predicted molar refractivity (Wildman–Crippen MR) is 97.9 cm³/mol. The Kier molecular flexibility index (Phi) is 4.30. The molecule has 1 aliphatic heterocycles. The van der Waals surface area contributed by atoms with Gasteiger partial charge in [-0.15, -0.1) is 0 Å². The number of nitrogens with one attached hydrogen (secondary N) is 1. The average molecular weight is 337 g/mol. The van der Waals surface area contributed by atoms with Crippen molar-refractivity contribution >= 4 is 17.8 Å². The van der Waals surface area contributed by atoms with Crippen LogP contribution in [-0.2, 0) is 11.2 Å². The van der Waals surface area contributed by atoms with Crippen LogP contribution < -0.4 is 10.3 Å². The molecule has 1 aliphatic carbocycles. The van der Waals surface area contributed by atoms with Gasteiger partial charge in [-0.25, -0.2) is 5.43 Å². The first-order valence-corrected chi connectivity index (χ1v) is 8.95. The third-order valence-electron chi connectivity index (χ3n) is 5.04. The lowest BCUT2D eigenvalue weighted by Crippen LogP contribution is -2.38. The molecule has 130 valence electrons. The zero-order valence-corrected chi connectivity index (χ0v) is 14.4. The molecule has 1 amide bonds. The molecule has 0 spiro atoms. The van der Waals surface area contributed by atoms with Gasteiger partial charge in [0.15, 0.2) is 0 Å². The first kappa shape index (κ1) is 15.9. The molecule has 1 saturated carbocycles. The van der Waals surface area contributed by atoms with Gasteiger partial charge in [-0.05, 0) is 48.9 Å². The van der Waals surface area contributed by atoms with E-state index in [4.69, 9.17) is 4.42 Å². The lowest BCUT2D eigenvalue weighted by atomic mass is 10.0. The number of para-hydroxylation sites is 1. The van der Waals surface area contributed by atoms with Crippen molar-refractivity contribution in [3.05, 3.63) is 53.5 Å². The van der Waals surface area contributed by atoms with Crippen molar-refractivity contribution < 1.29 is 9.21 Å². The van der Waals surface area contributed by atoms with E-state index in [1.807, 2.05) is 24.3 Å². The van der Waals surface area contributed by atoms with E-state index in [0.29, 0.717) is 24.1 Å². The molecule has 2 aromatic rings. The number of hydrogen-bond acceptors (Lipinski definition) is 4. The number of amides is 1. The molecular formula is C20H23N3O2. The largest absolute Gasteiger partial charge is 0.460 e. The van der Waals surface area contributed by atoms with Gasteiger partial charge in [-0.3, -0.25) is 4.79 Å². The van der Waals surface area contributed by atoms with E-state index < -0.39 is 0 Å². The lowest BCUT2D eigenvalue weighted by molar-refractivity contribution is -0.119. The number of fused-ring (bicyclic) bond motifs is 1. The lowest BCUT2D eigenvalue weighted by Gasteiger charge is -2.30. The van der Waals surface area contributed by atoms with Crippen LogP contribution in [0.1, 0.15) is 42.8 Å². The molecule has 0 unspecified atom stereocenters. The maximum absolute atomic E-state index is 12.2. The highest BCUT2D eigenvalue weighted by atomic mass is 16.3. The number of aryl methyl sites for hydroxylation is 1. The molecule has 4 rings (SSSR count). The Hall–Kier alpha value is -2.56. The van der Waals surface area contributed by atoms with Crippen LogP contribution in [0.4, 0.5) is 5.69 Å². The minimum Gasteiger partial charge on any atom is -0.460 e. The van der Waals surface area contributed by atoms with Crippen LogP contribution in [-0.4, -0.2) is 25.2 Å². The Morgan fingerprint density at radius 3 is 3.04 bits per heavy atom. The number of anilines is 1. The van der Waals surface area contributed by atoms with Crippen molar-refractivity contribution in [3.8, 4) is 0 Å². The van der Waals surface area contributed by atoms with E-state index in [0.717, 1.165) is 30.8 Å². The van der Waals surface area contributed by atoms with E-state index in [1.54, 1.807) is 6.21 Å². The van der Waals surface area contributed by atoms with Gasteiger partial charge in [0.25, 0.3) is 5.91 Å². The maximum Gasteiger partial charge on any atom is 0.259 e. The molecule has 1 N–H and O–H groups in total. The minimum absolute atomic E-state index is 0.115. The summed E-state index contributed by atoms with van der Waals surface area (Å²) in [5.74, 6) is 2.84. The molecular weight excluding hydrogens is 314 g/mol. The second-order valence-electron chi connectivity index (χ2n) is 7.01. The topological polar surface area (TPSA) is 57.8 Å². The Morgan fingerprint density at radius 2 is 2.20 bits per heavy atom.